The fraction of sp³-hybridized carbons (Fsp3) is 0.800. The van der Waals surface area contributed by atoms with Crippen molar-refractivity contribution in [2.75, 3.05) is 12.8 Å². The Morgan fingerprint density at radius 1 is 1.27 bits per heavy atom. The molecule has 0 fully saturated rings. The minimum atomic E-state index is 0.206. The number of hydrogen-bond donors (Lipinski definition) is 0. The summed E-state index contributed by atoms with van der Waals surface area (Å²) in [7, 11) is 0.206. The van der Waals surface area contributed by atoms with Crippen LogP contribution >= 0.6 is 7.92 Å². The summed E-state index contributed by atoms with van der Waals surface area (Å²) in [6.07, 6.45) is 5.60. The van der Waals surface area contributed by atoms with Gasteiger partial charge in [-0.15, -0.1) is 0 Å². The van der Waals surface area contributed by atoms with Gasteiger partial charge in [-0.05, 0) is 33.1 Å². The third-order valence-corrected chi connectivity index (χ3v) is 3.57. The molecule has 66 valence electrons. The lowest BCUT2D eigenvalue weighted by Gasteiger charge is -2.06. The van der Waals surface area contributed by atoms with Crippen LogP contribution in [0.2, 0.25) is 0 Å². The number of hydrogen-bond acceptors (Lipinski definition) is 0. The maximum atomic E-state index is 2.44. The van der Waals surface area contributed by atoms with Crippen LogP contribution < -0.4 is 0 Å². The van der Waals surface area contributed by atoms with Gasteiger partial charge < -0.3 is 0 Å². The Morgan fingerprint density at radius 2 is 1.91 bits per heavy atom. The molecule has 0 heterocycles. The Bertz CT molecular complexity index is 112. The minimum absolute atomic E-state index is 0.206. The number of rotatable bonds is 5. The molecular weight excluding hydrogens is 151 g/mol. The van der Waals surface area contributed by atoms with Crippen LogP contribution in [-0.2, 0) is 0 Å². The molecule has 0 nitrogen and oxygen atoms in total. The average Bonchev–Trinajstić information content (AvgIpc) is 1.86. The van der Waals surface area contributed by atoms with E-state index in [9.17, 15) is 0 Å². The van der Waals surface area contributed by atoms with Crippen molar-refractivity contribution < 1.29 is 0 Å². The van der Waals surface area contributed by atoms with Crippen LogP contribution in [0.15, 0.2) is 11.4 Å². The van der Waals surface area contributed by atoms with E-state index in [1.807, 2.05) is 0 Å². The van der Waals surface area contributed by atoms with Crippen molar-refractivity contribution >= 4 is 7.92 Å². The third kappa shape index (κ3) is 8.07. The molecule has 0 aromatic carbocycles. The van der Waals surface area contributed by atoms with Gasteiger partial charge in [0.25, 0.3) is 0 Å². The Morgan fingerprint density at radius 3 is 2.36 bits per heavy atom. The van der Waals surface area contributed by atoms with Crippen LogP contribution in [0.4, 0.5) is 0 Å². The molecule has 0 aromatic heterocycles. The summed E-state index contributed by atoms with van der Waals surface area (Å²) in [5.74, 6) is 2.44. The van der Waals surface area contributed by atoms with E-state index in [2.05, 4.69) is 33.3 Å². The van der Waals surface area contributed by atoms with Crippen LogP contribution in [0.3, 0.4) is 0 Å². The monoisotopic (exact) mass is 172 g/mol. The third-order valence-electron chi connectivity index (χ3n) is 1.59. The van der Waals surface area contributed by atoms with Crippen molar-refractivity contribution in [2.24, 2.45) is 0 Å². The molecule has 0 bridgehead atoms. The lowest BCUT2D eigenvalue weighted by Crippen LogP contribution is -1.81. The molecule has 1 heteroatoms. The predicted molar refractivity (Wildman–Crippen MR) is 56.7 cm³/mol. The Hall–Kier alpha value is 0.170. The van der Waals surface area contributed by atoms with Crippen LogP contribution in [0.5, 0.6) is 0 Å². The van der Waals surface area contributed by atoms with E-state index in [1.54, 1.807) is 0 Å². The highest BCUT2D eigenvalue weighted by Gasteiger charge is 1.95. The summed E-state index contributed by atoms with van der Waals surface area (Å²) in [6.45, 7) is 9.02. The molecule has 0 radical (unpaired) electrons. The molecule has 0 aliphatic rings. The quantitative estimate of drug-likeness (QED) is 0.430. The largest absolute Gasteiger partial charge is 0.0865 e. The smallest absolute Gasteiger partial charge is 0.0294 e. The molecule has 0 aromatic rings. The van der Waals surface area contributed by atoms with Crippen molar-refractivity contribution in [1.82, 2.24) is 0 Å². The fourth-order valence-corrected chi connectivity index (χ4v) is 2.85. The zero-order chi connectivity index (χ0) is 8.69. The summed E-state index contributed by atoms with van der Waals surface area (Å²) in [4.78, 5) is 0. The van der Waals surface area contributed by atoms with Gasteiger partial charge in [0.2, 0.25) is 0 Å². The Kier molecular flexibility index (Phi) is 6.96. The summed E-state index contributed by atoms with van der Waals surface area (Å²) >= 11 is 0. The molecule has 1 unspecified atom stereocenters. The van der Waals surface area contributed by atoms with E-state index in [-0.39, 0.29) is 7.92 Å². The second-order valence-corrected chi connectivity index (χ2v) is 5.61. The first-order chi connectivity index (χ1) is 5.16. The summed E-state index contributed by atoms with van der Waals surface area (Å²) in [6, 6.07) is 0. The predicted octanol–water partition coefficient (Wildman–Crippen LogP) is 4.21. The highest BCUT2D eigenvalue weighted by molar-refractivity contribution is 7.60. The van der Waals surface area contributed by atoms with Crippen LogP contribution in [0.1, 0.15) is 40.0 Å². The molecule has 11 heavy (non-hydrogen) atoms. The van der Waals surface area contributed by atoms with E-state index < -0.39 is 0 Å². The van der Waals surface area contributed by atoms with Gasteiger partial charge in [0.15, 0.2) is 0 Å². The zero-order valence-electron chi connectivity index (χ0n) is 8.35. The van der Waals surface area contributed by atoms with E-state index >= 15 is 0 Å². The molecule has 0 aliphatic carbocycles. The number of allylic oxidation sites excluding steroid dienone is 1. The maximum Gasteiger partial charge on any atom is -0.0294 e. The molecule has 0 amide bonds. The van der Waals surface area contributed by atoms with Crippen LogP contribution in [0, 0.1) is 0 Å². The SMILES string of the molecule is CCCCCP(C)C=C(C)C. The normalized spacial score (nSPS) is 12.7. The maximum absolute atomic E-state index is 2.44. The first kappa shape index (κ1) is 11.2. The highest BCUT2D eigenvalue weighted by atomic mass is 31.1. The van der Waals surface area contributed by atoms with Gasteiger partial charge in [-0.2, -0.15) is 0 Å². The van der Waals surface area contributed by atoms with Crippen LogP contribution in [0.25, 0.3) is 0 Å². The second kappa shape index (κ2) is 6.85. The van der Waals surface area contributed by atoms with E-state index in [4.69, 9.17) is 0 Å². The minimum Gasteiger partial charge on any atom is -0.0865 e. The summed E-state index contributed by atoms with van der Waals surface area (Å²) < 4.78 is 0. The second-order valence-electron chi connectivity index (χ2n) is 3.39. The Labute approximate surface area is 72.8 Å². The van der Waals surface area contributed by atoms with Gasteiger partial charge in [-0.25, -0.2) is 0 Å². The van der Waals surface area contributed by atoms with Gasteiger partial charge in [0.05, 0.1) is 0 Å². The van der Waals surface area contributed by atoms with E-state index in [0.717, 1.165) is 0 Å². The fourth-order valence-electron chi connectivity index (χ4n) is 1.12. The molecule has 1 atom stereocenters. The molecule has 0 N–H and O–H groups in total. The summed E-state index contributed by atoms with van der Waals surface area (Å²) in [5, 5.41) is 0. The van der Waals surface area contributed by atoms with Crippen molar-refractivity contribution in [3.05, 3.63) is 11.4 Å². The van der Waals surface area contributed by atoms with E-state index in [1.165, 1.54) is 31.0 Å². The van der Waals surface area contributed by atoms with Crippen molar-refractivity contribution in [2.45, 2.75) is 40.0 Å². The van der Waals surface area contributed by atoms with Gasteiger partial charge >= 0.3 is 0 Å². The molecule has 0 saturated carbocycles. The highest BCUT2D eigenvalue weighted by Crippen LogP contribution is 2.34. The van der Waals surface area contributed by atoms with E-state index in [0.29, 0.717) is 0 Å². The molecule has 0 aliphatic heterocycles. The lowest BCUT2D eigenvalue weighted by atomic mass is 10.3. The molecule has 0 spiro atoms. The first-order valence-corrected chi connectivity index (χ1v) is 6.56. The molecular formula is C10H21P. The van der Waals surface area contributed by atoms with Gasteiger partial charge in [-0.3, -0.25) is 0 Å². The van der Waals surface area contributed by atoms with Crippen molar-refractivity contribution in [3.8, 4) is 0 Å². The average molecular weight is 172 g/mol. The van der Waals surface area contributed by atoms with Gasteiger partial charge in [0.1, 0.15) is 0 Å². The van der Waals surface area contributed by atoms with Gasteiger partial charge in [0, 0.05) is 0 Å². The van der Waals surface area contributed by atoms with Crippen molar-refractivity contribution in [3.63, 3.8) is 0 Å². The number of unbranched alkanes of at least 4 members (excludes halogenated alkanes) is 2. The van der Waals surface area contributed by atoms with Gasteiger partial charge in [-0.1, -0.05) is 39.1 Å². The lowest BCUT2D eigenvalue weighted by molar-refractivity contribution is 0.776. The summed E-state index contributed by atoms with van der Waals surface area (Å²) in [5.41, 5.74) is 1.48. The van der Waals surface area contributed by atoms with Crippen LogP contribution in [-0.4, -0.2) is 12.8 Å². The van der Waals surface area contributed by atoms with Crippen molar-refractivity contribution in [1.29, 1.82) is 0 Å². The first-order valence-electron chi connectivity index (χ1n) is 4.52. The Balaban J connectivity index is 3.37. The molecule has 0 saturated heterocycles. The topological polar surface area (TPSA) is 0 Å². The molecule has 0 rings (SSSR count). The standard InChI is InChI=1S/C10H21P/c1-5-6-7-8-11(4)9-10(2)3/h9H,5-8H2,1-4H3. The zero-order valence-corrected chi connectivity index (χ0v) is 9.25.